The number of hydrogen-bond acceptors (Lipinski definition) is 5. The average molecular weight is 271 g/mol. The van der Waals surface area contributed by atoms with Crippen molar-refractivity contribution >= 4 is 11.6 Å². The van der Waals surface area contributed by atoms with Crippen LogP contribution in [0.1, 0.15) is 22.1 Å². The minimum Gasteiger partial charge on any atom is -0.479 e. The fraction of sp³-hybridized carbons (Fsp3) is 0.214. The Bertz CT molecular complexity index is 671. The lowest BCUT2D eigenvalue weighted by molar-refractivity contribution is 0.0994. The van der Waals surface area contributed by atoms with E-state index >= 15 is 0 Å². The number of nitriles is 1. The number of anilines is 1. The number of carbonyl (C=O) groups excluding carboxylic acids is 1. The highest BCUT2D eigenvalue weighted by Crippen LogP contribution is 2.19. The fourth-order valence-electron chi connectivity index (χ4n) is 1.71. The summed E-state index contributed by atoms with van der Waals surface area (Å²) < 4.78 is 10.4. The van der Waals surface area contributed by atoms with Crippen molar-refractivity contribution in [1.29, 1.82) is 5.26 Å². The first kappa shape index (κ1) is 13.6. The number of nitrogens with zero attached hydrogens (tertiary/aromatic N) is 2. The summed E-state index contributed by atoms with van der Waals surface area (Å²) in [4.78, 5) is 16.1. The molecule has 0 aliphatic carbocycles. The standard InChI is InChI=1S/C14H13N3O3/c1-9-13(20-10(2)16-9)14(18)17-11-4-3-5-12(8-11)19-7-6-15/h3-5,8H,7H2,1-2H3,(H,17,18). The van der Waals surface area contributed by atoms with Gasteiger partial charge in [0.25, 0.3) is 5.91 Å². The predicted octanol–water partition coefficient (Wildman–Crippen LogP) is 2.45. The number of nitrogens with one attached hydrogen (secondary N) is 1. The molecule has 1 N–H and O–H groups in total. The molecule has 0 aliphatic rings. The van der Waals surface area contributed by atoms with Crippen LogP contribution >= 0.6 is 0 Å². The second-order valence-electron chi connectivity index (χ2n) is 4.08. The highest BCUT2D eigenvalue weighted by molar-refractivity contribution is 6.03. The van der Waals surface area contributed by atoms with E-state index in [2.05, 4.69) is 10.3 Å². The molecule has 0 bridgehead atoms. The summed E-state index contributed by atoms with van der Waals surface area (Å²) in [5.41, 5.74) is 1.09. The molecule has 6 nitrogen and oxygen atoms in total. The zero-order chi connectivity index (χ0) is 14.5. The molecule has 6 heteroatoms. The Labute approximate surface area is 116 Å². The molecule has 1 aromatic carbocycles. The van der Waals surface area contributed by atoms with Gasteiger partial charge in [0, 0.05) is 18.7 Å². The summed E-state index contributed by atoms with van der Waals surface area (Å²) in [6.45, 7) is 3.34. The van der Waals surface area contributed by atoms with Crippen LogP contribution in [0.4, 0.5) is 5.69 Å². The normalized spacial score (nSPS) is 9.85. The molecule has 2 rings (SSSR count). The van der Waals surface area contributed by atoms with Crippen LogP contribution in [0.3, 0.4) is 0 Å². The van der Waals surface area contributed by atoms with E-state index < -0.39 is 0 Å². The first-order chi connectivity index (χ1) is 9.60. The molecular weight excluding hydrogens is 258 g/mol. The monoisotopic (exact) mass is 271 g/mol. The molecule has 20 heavy (non-hydrogen) atoms. The molecule has 0 radical (unpaired) electrons. The molecule has 0 spiro atoms. The van der Waals surface area contributed by atoms with Crippen molar-refractivity contribution in [2.45, 2.75) is 13.8 Å². The lowest BCUT2D eigenvalue weighted by Gasteiger charge is -2.06. The summed E-state index contributed by atoms with van der Waals surface area (Å²) >= 11 is 0. The second-order valence-corrected chi connectivity index (χ2v) is 4.08. The van der Waals surface area contributed by atoms with Gasteiger partial charge < -0.3 is 14.5 Å². The topological polar surface area (TPSA) is 88.1 Å². The Morgan fingerprint density at radius 3 is 2.95 bits per heavy atom. The molecule has 0 unspecified atom stereocenters. The molecular formula is C14H13N3O3. The Morgan fingerprint density at radius 2 is 2.30 bits per heavy atom. The minimum atomic E-state index is -0.375. The number of amides is 1. The number of benzene rings is 1. The van der Waals surface area contributed by atoms with E-state index in [4.69, 9.17) is 14.4 Å². The first-order valence-electron chi connectivity index (χ1n) is 5.95. The third kappa shape index (κ3) is 3.14. The molecule has 0 saturated heterocycles. The van der Waals surface area contributed by atoms with Gasteiger partial charge in [-0.3, -0.25) is 4.79 Å². The highest BCUT2D eigenvalue weighted by atomic mass is 16.5. The lowest BCUT2D eigenvalue weighted by atomic mass is 10.3. The summed E-state index contributed by atoms with van der Waals surface area (Å²) in [5.74, 6) is 0.764. The number of oxazole rings is 1. The van der Waals surface area contributed by atoms with Gasteiger partial charge in [-0.05, 0) is 19.1 Å². The van der Waals surface area contributed by atoms with Gasteiger partial charge in [-0.1, -0.05) is 6.07 Å². The molecule has 0 fully saturated rings. The quantitative estimate of drug-likeness (QED) is 0.922. The number of aryl methyl sites for hydroxylation is 2. The molecule has 102 valence electrons. The van der Waals surface area contributed by atoms with Crippen LogP contribution in [0, 0.1) is 25.2 Å². The third-order valence-corrected chi connectivity index (χ3v) is 2.51. The van der Waals surface area contributed by atoms with Crippen LogP contribution in [0.25, 0.3) is 0 Å². The van der Waals surface area contributed by atoms with Gasteiger partial charge in [0.1, 0.15) is 11.8 Å². The van der Waals surface area contributed by atoms with Gasteiger partial charge in [-0.2, -0.15) is 5.26 Å². The van der Waals surface area contributed by atoms with Crippen molar-refractivity contribution in [2.24, 2.45) is 0 Å². The number of carbonyl (C=O) groups is 1. The van der Waals surface area contributed by atoms with Crippen LogP contribution in [0.15, 0.2) is 28.7 Å². The lowest BCUT2D eigenvalue weighted by Crippen LogP contribution is -2.12. The summed E-state index contributed by atoms with van der Waals surface area (Å²) in [7, 11) is 0. The smallest absolute Gasteiger partial charge is 0.293 e. The van der Waals surface area contributed by atoms with Crippen LogP contribution in [-0.2, 0) is 0 Å². The molecule has 1 aromatic heterocycles. The number of aromatic nitrogens is 1. The van der Waals surface area contributed by atoms with E-state index in [0.29, 0.717) is 23.0 Å². The van der Waals surface area contributed by atoms with Gasteiger partial charge in [0.2, 0.25) is 5.76 Å². The largest absolute Gasteiger partial charge is 0.479 e. The Balaban J connectivity index is 2.12. The van der Waals surface area contributed by atoms with E-state index in [1.165, 1.54) is 0 Å². The van der Waals surface area contributed by atoms with Crippen molar-refractivity contribution in [3.8, 4) is 11.8 Å². The zero-order valence-corrected chi connectivity index (χ0v) is 11.1. The van der Waals surface area contributed by atoms with Gasteiger partial charge in [-0.25, -0.2) is 4.98 Å². The van der Waals surface area contributed by atoms with Crippen molar-refractivity contribution in [1.82, 2.24) is 4.98 Å². The van der Waals surface area contributed by atoms with E-state index in [9.17, 15) is 4.79 Å². The first-order valence-corrected chi connectivity index (χ1v) is 5.95. The van der Waals surface area contributed by atoms with Crippen molar-refractivity contribution in [3.63, 3.8) is 0 Å². The molecule has 0 atom stereocenters. The summed E-state index contributed by atoms with van der Waals surface area (Å²) in [6, 6.07) is 8.66. The van der Waals surface area contributed by atoms with E-state index in [1.54, 1.807) is 38.1 Å². The maximum absolute atomic E-state index is 12.0. The maximum atomic E-state index is 12.0. The molecule has 0 aliphatic heterocycles. The maximum Gasteiger partial charge on any atom is 0.293 e. The Hall–Kier alpha value is -2.81. The van der Waals surface area contributed by atoms with Crippen LogP contribution in [-0.4, -0.2) is 17.5 Å². The van der Waals surface area contributed by atoms with Crippen LogP contribution in [0.5, 0.6) is 5.75 Å². The van der Waals surface area contributed by atoms with Gasteiger partial charge in [0.05, 0.1) is 5.69 Å². The van der Waals surface area contributed by atoms with E-state index in [0.717, 1.165) is 0 Å². The minimum absolute atomic E-state index is 0.0438. The fourth-order valence-corrected chi connectivity index (χ4v) is 1.71. The number of hydrogen-bond donors (Lipinski definition) is 1. The van der Waals surface area contributed by atoms with Crippen LogP contribution in [0.2, 0.25) is 0 Å². The Morgan fingerprint density at radius 1 is 1.50 bits per heavy atom. The van der Waals surface area contributed by atoms with Crippen molar-refractivity contribution < 1.29 is 13.9 Å². The van der Waals surface area contributed by atoms with Crippen LogP contribution < -0.4 is 10.1 Å². The average Bonchev–Trinajstić information content (AvgIpc) is 2.76. The second kappa shape index (κ2) is 5.89. The Kier molecular flexibility index (Phi) is 4.01. The van der Waals surface area contributed by atoms with E-state index in [1.807, 2.05) is 6.07 Å². The molecule has 1 amide bonds. The molecule has 0 saturated carbocycles. The predicted molar refractivity (Wildman–Crippen MR) is 71.5 cm³/mol. The SMILES string of the molecule is Cc1nc(C)c(C(=O)Nc2cccc(OCC#N)c2)o1. The summed E-state index contributed by atoms with van der Waals surface area (Å²) in [6.07, 6.45) is 0. The number of rotatable bonds is 4. The zero-order valence-electron chi connectivity index (χ0n) is 11.1. The summed E-state index contributed by atoms with van der Waals surface area (Å²) in [5, 5.41) is 11.2. The van der Waals surface area contributed by atoms with Gasteiger partial charge in [-0.15, -0.1) is 0 Å². The third-order valence-electron chi connectivity index (χ3n) is 2.51. The molecule has 1 heterocycles. The highest BCUT2D eigenvalue weighted by Gasteiger charge is 2.16. The van der Waals surface area contributed by atoms with Crippen molar-refractivity contribution in [3.05, 3.63) is 41.6 Å². The van der Waals surface area contributed by atoms with Gasteiger partial charge >= 0.3 is 0 Å². The molecule has 2 aromatic rings. The van der Waals surface area contributed by atoms with E-state index in [-0.39, 0.29) is 18.3 Å². The van der Waals surface area contributed by atoms with Gasteiger partial charge in [0.15, 0.2) is 12.5 Å². The van der Waals surface area contributed by atoms with Crippen molar-refractivity contribution in [2.75, 3.05) is 11.9 Å². The number of ether oxygens (including phenoxy) is 1.